The zero-order chi connectivity index (χ0) is 14.5. The fourth-order valence-electron chi connectivity index (χ4n) is 2.22. The number of hydrogen-bond acceptors (Lipinski definition) is 4. The first-order valence-corrected chi connectivity index (χ1v) is 7.39. The highest BCUT2D eigenvalue weighted by Crippen LogP contribution is 2.24. The lowest BCUT2D eigenvalue weighted by atomic mass is 10.2. The molecule has 108 valence electrons. The van der Waals surface area contributed by atoms with Crippen LogP contribution in [0.3, 0.4) is 0 Å². The van der Waals surface area contributed by atoms with Crippen molar-refractivity contribution in [3.8, 4) is 5.75 Å². The van der Waals surface area contributed by atoms with Crippen molar-refractivity contribution in [3.63, 3.8) is 0 Å². The third-order valence-electron chi connectivity index (χ3n) is 3.28. The molecule has 20 heavy (non-hydrogen) atoms. The number of hydrogen-bond donors (Lipinski definition) is 1. The van der Waals surface area contributed by atoms with Gasteiger partial charge in [0.2, 0.25) is 5.91 Å². The quantitative estimate of drug-likeness (QED) is 0.840. The van der Waals surface area contributed by atoms with Gasteiger partial charge in [0.1, 0.15) is 11.8 Å². The number of carboxylic acid groups (broad SMARTS) is 1. The highest BCUT2D eigenvalue weighted by molar-refractivity contribution is 8.00. The lowest BCUT2D eigenvalue weighted by molar-refractivity contribution is -0.147. The van der Waals surface area contributed by atoms with E-state index in [1.165, 1.54) is 16.7 Å². The molecular weight excluding hydrogens is 278 g/mol. The van der Waals surface area contributed by atoms with Crippen molar-refractivity contribution in [1.29, 1.82) is 0 Å². The number of aliphatic carboxylic acids is 1. The Balaban J connectivity index is 1.89. The normalized spacial score (nSPS) is 18.1. The largest absolute Gasteiger partial charge is 0.497 e. The number of carbonyl (C=O) groups excluding carboxylic acids is 1. The number of carboxylic acids is 1. The molecule has 5 nitrogen and oxygen atoms in total. The van der Waals surface area contributed by atoms with E-state index >= 15 is 0 Å². The second-order valence-corrected chi connectivity index (χ2v) is 5.60. The van der Waals surface area contributed by atoms with Crippen LogP contribution >= 0.6 is 11.8 Å². The summed E-state index contributed by atoms with van der Waals surface area (Å²) in [6.07, 6.45) is 1.31. The first-order valence-electron chi connectivity index (χ1n) is 6.41. The molecule has 0 aliphatic carbocycles. The van der Waals surface area contributed by atoms with Crippen LogP contribution in [0.15, 0.2) is 29.2 Å². The van der Waals surface area contributed by atoms with Gasteiger partial charge in [-0.25, -0.2) is 4.79 Å². The van der Waals surface area contributed by atoms with Gasteiger partial charge < -0.3 is 14.7 Å². The Labute approximate surface area is 121 Å². The molecule has 1 aliphatic heterocycles. The fourth-order valence-corrected chi connectivity index (χ4v) is 3.01. The van der Waals surface area contributed by atoms with E-state index in [2.05, 4.69) is 0 Å². The fraction of sp³-hybridized carbons (Fsp3) is 0.429. The van der Waals surface area contributed by atoms with E-state index in [0.717, 1.165) is 17.1 Å². The molecule has 1 N–H and O–H groups in total. The Morgan fingerprint density at radius 1 is 1.40 bits per heavy atom. The van der Waals surface area contributed by atoms with Gasteiger partial charge in [-0.3, -0.25) is 4.79 Å². The maximum Gasteiger partial charge on any atom is 0.326 e. The molecule has 1 aromatic rings. The third-order valence-corrected chi connectivity index (χ3v) is 4.28. The van der Waals surface area contributed by atoms with Gasteiger partial charge in [0.25, 0.3) is 0 Å². The Bertz CT molecular complexity index is 488. The van der Waals surface area contributed by atoms with E-state index in [9.17, 15) is 9.59 Å². The van der Waals surface area contributed by atoms with Gasteiger partial charge in [0.05, 0.1) is 12.9 Å². The summed E-state index contributed by atoms with van der Waals surface area (Å²) < 4.78 is 5.07. The zero-order valence-electron chi connectivity index (χ0n) is 11.2. The number of nitrogens with zero attached hydrogens (tertiary/aromatic N) is 1. The molecule has 2 rings (SSSR count). The number of carbonyl (C=O) groups is 2. The van der Waals surface area contributed by atoms with Crippen molar-refractivity contribution >= 4 is 23.6 Å². The Morgan fingerprint density at radius 3 is 2.70 bits per heavy atom. The average molecular weight is 295 g/mol. The van der Waals surface area contributed by atoms with Crippen LogP contribution < -0.4 is 4.74 Å². The second kappa shape index (κ2) is 6.65. The monoisotopic (exact) mass is 295 g/mol. The van der Waals surface area contributed by atoms with Gasteiger partial charge in [-0.15, -0.1) is 11.8 Å². The molecule has 1 fully saturated rings. The summed E-state index contributed by atoms with van der Waals surface area (Å²) >= 11 is 1.41. The summed E-state index contributed by atoms with van der Waals surface area (Å²) in [7, 11) is 1.60. The minimum Gasteiger partial charge on any atom is -0.497 e. The predicted molar refractivity (Wildman–Crippen MR) is 76.1 cm³/mol. The van der Waals surface area contributed by atoms with E-state index in [4.69, 9.17) is 9.84 Å². The molecule has 0 saturated carbocycles. The predicted octanol–water partition coefficient (Wildman–Crippen LogP) is 1.86. The van der Waals surface area contributed by atoms with Crippen molar-refractivity contribution in [1.82, 2.24) is 4.90 Å². The molecule has 0 aromatic heterocycles. The van der Waals surface area contributed by atoms with Crippen LogP contribution in [0.5, 0.6) is 5.75 Å². The van der Waals surface area contributed by atoms with Gasteiger partial charge in [-0.1, -0.05) is 0 Å². The number of ether oxygens (including phenoxy) is 1. The average Bonchev–Trinajstić information content (AvgIpc) is 2.95. The molecule has 1 aromatic carbocycles. The summed E-state index contributed by atoms with van der Waals surface area (Å²) in [5.74, 6) is 0.00278. The minimum absolute atomic E-state index is 0.115. The first kappa shape index (κ1) is 14.7. The summed E-state index contributed by atoms with van der Waals surface area (Å²) in [4.78, 5) is 25.6. The molecule has 0 spiro atoms. The molecule has 0 unspecified atom stereocenters. The van der Waals surface area contributed by atoms with E-state index in [0.29, 0.717) is 13.0 Å². The van der Waals surface area contributed by atoms with Crippen molar-refractivity contribution in [3.05, 3.63) is 24.3 Å². The zero-order valence-corrected chi connectivity index (χ0v) is 12.1. The number of amides is 1. The van der Waals surface area contributed by atoms with Crippen LogP contribution in [0.1, 0.15) is 12.8 Å². The minimum atomic E-state index is -0.912. The Hall–Kier alpha value is -1.69. The maximum absolute atomic E-state index is 12.1. The Morgan fingerprint density at radius 2 is 2.10 bits per heavy atom. The number of thioether (sulfide) groups is 1. The first-order chi connectivity index (χ1) is 9.61. The van der Waals surface area contributed by atoms with Crippen molar-refractivity contribution in [2.24, 2.45) is 0 Å². The van der Waals surface area contributed by atoms with E-state index in [1.54, 1.807) is 7.11 Å². The number of likely N-dealkylation sites (tertiary alicyclic amines) is 1. The molecule has 1 aliphatic rings. The van der Waals surface area contributed by atoms with Crippen LogP contribution in [0.2, 0.25) is 0 Å². The molecule has 0 radical (unpaired) electrons. The Kier molecular flexibility index (Phi) is 4.89. The van der Waals surface area contributed by atoms with Gasteiger partial charge >= 0.3 is 5.97 Å². The van der Waals surface area contributed by atoms with E-state index in [1.807, 2.05) is 24.3 Å². The number of benzene rings is 1. The van der Waals surface area contributed by atoms with Gasteiger partial charge in [-0.05, 0) is 37.1 Å². The third kappa shape index (κ3) is 3.45. The van der Waals surface area contributed by atoms with Crippen LogP contribution in [0.25, 0.3) is 0 Å². The number of methoxy groups -OCH3 is 1. The van der Waals surface area contributed by atoms with E-state index in [-0.39, 0.29) is 11.7 Å². The molecular formula is C14H17NO4S. The maximum atomic E-state index is 12.1. The molecule has 0 bridgehead atoms. The summed E-state index contributed by atoms with van der Waals surface area (Å²) in [6.45, 7) is 0.541. The lowest BCUT2D eigenvalue weighted by Gasteiger charge is -2.21. The van der Waals surface area contributed by atoms with Crippen LogP contribution in [-0.4, -0.2) is 47.3 Å². The van der Waals surface area contributed by atoms with Gasteiger partial charge in [0.15, 0.2) is 0 Å². The standard InChI is InChI=1S/C14H17NO4S/c1-19-10-4-6-11(7-5-10)20-9-13(16)15-8-2-3-12(15)14(17)18/h4-7,12H,2-3,8-9H2,1H3,(H,17,18)/t12-/m1/s1. The molecule has 6 heteroatoms. The SMILES string of the molecule is COc1ccc(SCC(=O)N2CCC[C@@H]2C(=O)O)cc1. The summed E-state index contributed by atoms with van der Waals surface area (Å²) in [5.41, 5.74) is 0. The van der Waals surface area contributed by atoms with Crippen LogP contribution in [-0.2, 0) is 9.59 Å². The van der Waals surface area contributed by atoms with Crippen molar-refractivity contribution < 1.29 is 19.4 Å². The lowest BCUT2D eigenvalue weighted by Crippen LogP contribution is -2.41. The van der Waals surface area contributed by atoms with Gasteiger partial charge in [0, 0.05) is 11.4 Å². The number of rotatable bonds is 5. The highest BCUT2D eigenvalue weighted by Gasteiger charge is 2.33. The summed E-state index contributed by atoms with van der Waals surface area (Å²) in [6, 6.07) is 6.79. The molecule has 1 heterocycles. The molecule has 1 atom stereocenters. The smallest absolute Gasteiger partial charge is 0.326 e. The van der Waals surface area contributed by atoms with Crippen LogP contribution in [0, 0.1) is 0 Å². The second-order valence-electron chi connectivity index (χ2n) is 4.55. The van der Waals surface area contributed by atoms with Crippen molar-refractivity contribution in [2.45, 2.75) is 23.8 Å². The highest BCUT2D eigenvalue weighted by atomic mass is 32.2. The summed E-state index contributed by atoms with van der Waals surface area (Å²) in [5, 5.41) is 9.06. The van der Waals surface area contributed by atoms with Crippen LogP contribution in [0.4, 0.5) is 0 Å². The van der Waals surface area contributed by atoms with E-state index < -0.39 is 12.0 Å². The van der Waals surface area contributed by atoms with Crippen molar-refractivity contribution in [2.75, 3.05) is 19.4 Å². The van der Waals surface area contributed by atoms with Gasteiger partial charge in [-0.2, -0.15) is 0 Å². The molecule has 1 saturated heterocycles. The topological polar surface area (TPSA) is 66.8 Å². The molecule has 1 amide bonds.